The molecule has 4 fully saturated rings. The normalized spacial score (nSPS) is 37.5. The number of hydrogen-bond acceptors (Lipinski definition) is 5. The molecule has 4 aliphatic carbocycles. The standard InChI is InChI=1S/C32H56NO5.BrH/c1-7-33(8-2,9-3)17-18-36-19-20-37-21-22-38-28(35)31(6)14-10-13-30(5)25(31)12-16-32-23-27(34)29(4,24-32)15-11-26(30)32;/h25-26H,7-24H2,1-6H3;1H/q+1;/p-1/t25-,26-,29-,30+,31+,32-;/m0./s1. The number of ether oxygens (including phenoxy) is 3. The second-order valence-electron chi connectivity index (χ2n) is 14.0. The first-order valence-corrected chi connectivity index (χ1v) is 15.7. The van der Waals surface area contributed by atoms with Gasteiger partial charge in [-0.15, -0.1) is 0 Å². The minimum Gasteiger partial charge on any atom is -1.00 e. The highest BCUT2D eigenvalue weighted by Gasteiger charge is 2.68. The first kappa shape index (κ1) is 33.0. The average molecular weight is 615 g/mol. The number of rotatable bonds is 13. The van der Waals surface area contributed by atoms with Crippen LogP contribution in [0.3, 0.4) is 0 Å². The number of nitrogens with zero attached hydrogens (tertiary/aromatic N) is 1. The number of hydrogen-bond donors (Lipinski definition) is 0. The summed E-state index contributed by atoms with van der Waals surface area (Å²) in [5.74, 6) is 1.35. The predicted molar refractivity (Wildman–Crippen MR) is 150 cm³/mol. The minimum atomic E-state index is -0.441. The molecule has 0 aliphatic heterocycles. The van der Waals surface area contributed by atoms with Gasteiger partial charge >= 0.3 is 5.97 Å². The lowest BCUT2D eigenvalue weighted by molar-refractivity contribution is -0.923. The number of quaternary nitrogens is 1. The van der Waals surface area contributed by atoms with E-state index in [1.807, 2.05) is 0 Å². The minimum absolute atomic E-state index is 0. The maximum absolute atomic E-state index is 13.5. The Kier molecular flexibility index (Phi) is 10.8. The van der Waals surface area contributed by atoms with Gasteiger partial charge in [0.05, 0.1) is 51.5 Å². The summed E-state index contributed by atoms with van der Waals surface area (Å²) < 4.78 is 18.5. The zero-order chi connectivity index (χ0) is 27.7. The summed E-state index contributed by atoms with van der Waals surface area (Å²) in [5, 5.41) is 0. The number of carbonyl (C=O) groups excluding carboxylic acids is 2. The molecule has 0 aromatic rings. The molecule has 0 N–H and O–H groups in total. The van der Waals surface area contributed by atoms with Gasteiger partial charge in [-0.1, -0.05) is 20.3 Å². The van der Waals surface area contributed by atoms with Crippen LogP contribution in [0.2, 0.25) is 0 Å². The van der Waals surface area contributed by atoms with E-state index in [1.165, 1.54) is 6.42 Å². The third kappa shape index (κ3) is 6.03. The fraction of sp³-hybridized carbons (Fsp3) is 0.938. The van der Waals surface area contributed by atoms with Crippen LogP contribution in [0.25, 0.3) is 0 Å². The number of esters is 1. The van der Waals surface area contributed by atoms with E-state index in [0.717, 1.165) is 88.6 Å². The van der Waals surface area contributed by atoms with Gasteiger partial charge in [-0.05, 0) is 95.3 Å². The Labute approximate surface area is 248 Å². The van der Waals surface area contributed by atoms with E-state index in [2.05, 4.69) is 41.5 Å². The lowest BCUT2D eigenvalue weighted by Crippen LogP contribution is -3.00. The first-order chi connectivity index (χ1) is 18.0. The Morgan fingerprint density at radius 2 is 1.46 bits per heavy atom. The van der Waals surface area contributed by atoms with E-state index in [0.29, 0.717) is 44.0 Å². The van der Waals surface area contributed by atoms with E-state index in [9.17, 15) is 9.59 Å². The number of fused-ring (bicyclic) bond motifs is 3. The van der Waals surface area contributed by atoms with Crippen molar-refractivity contribution in [2.75, 3.05) is 59.2 Å². The highest BCUT2D eigenvalue weighted by atomic mass is 79.9. The summed E-state index contributed by atoms with van der Waals surface area (Å²) in [7, 11) is 0. The number of carbonyl (C=O) groups is 2. The molecule has 226 valence electrons. The topological polar surface area (TPSA) is 61.8 Å². The molecule has 6 atom stereocenters. The van der Waals surface area contributed by atoms with Crippen LogP contribution in [-0.4, -0.2) is 75.4 Å². The van der Waals surface area contributed by atoms with Crippen molar-refractivity contribution >= 4 is 11.8 Å². The van der Waals surface area contributed by atoms with E-state index in [1.54, 1.807) is 0 Å². The summed E-state index contributed by atoms with van der Waals surface area (Å²) in [6.45, 7) is 20.6. The van der Waals surface area contributed by atoms with Crippen LogP contribution < -0.4 is 17.0 Å². The van der Waals surface area contributed by atoms with Gasteiger partial charge < -0.3 is 35.7 Å². The molecule has 0 aromatic carbocycles. The highest BCUT2D eigenvalue weighted by molar-refractivity contribution is 5.88. The number of ketones is 1. The van der Waals surface area contributed by atoms with Gasteiger partial charge in [-0.25, -0.2) is 0 Å². The van der Waals surface area contributed by atoms with Gasteiger partial charge in [-0.2, -0.15) is 0 Å². The molecule has 0 amide bonds. The fourth-order valence-corrected chi connectivity index (χ4v) is 9.83. The molecule has 0 saturated heterocycles. The Hall–Kier alpha value is -0.500. The summed E-state index contributed by atoms with van der Waals surface area (Å²) in [5.41, 5.74) is -0.235. The van der Waals surface area contributed by atoms with Gasteiger partial charge in [0.15, 0.2) is 0 Å². The van der Waals surface area contributed by atoms with Crippen molar-refractivity contribution < 1.29 is 45.3 Å². The SMILES string of the molecule is CC[N+](CC)(CC)CCOCCOCCOC(=O)[C@]1(C)CCC[C@@]2(C)[C@@H]3CC[C@@]4(C)C[C@]3(CC[C@@H]21)CC4=O.[Br-]. The molecule has 6 nitrogen and oxygen atoms in total. The summed E-state index contributed by atoms with van der Waals surface area (Å²) in [6, 6.07) is 0. The molecule has 4 rings (SSSR count). The average Bonchev–Trinajstić information content (AvgIpc) is 3.08. The molecular formula is C32H56BrNO5. The highest BCUT2D eigenvalue weighted by Crippen LogP contribution is 2.73. The van der Waals surface area contributed by atoms with E-state index in [4.69, 9.17) is 14.2 Å². The van der Waals surface area contributed by atoms with Gasteiger partial charge in [0.25, 0.3) is 0 Å². The lowest BCUT2D eigenvalue weighted by atomic mass is 9.40. The molecule has 2 bridgehead atoms. The maximum Gasteiger partial charge on any atom is 0.312 e. The van der Waals surface area contributed by atoms with Crippen molar-refractivity contribution in [2.24, 2.45) is 33.5 Å². The van der Waals surface area contributed by atoms with Crippen molar-refractivity contribution in [3.8, 4) is 0 Å². The third-order valence-corrected chi connectivity index (χ3v) is 12.4. The molecule has 0 heterocycles. The molecule has 1 spiro atoms. The van der Waals surface area contributed by atoms with Crippen molar-refractivity contribution in [3.05, 3.63) is 0 Å². The van der Waals surface area contributed by atoms with Gasteiger partial charge in [0, 0.05) is 11.8 Å². The van der Waals surface area contributed by atoms with Crippen LogP contribution in [0, 0.1) is 33.5 Å². The monoisotopic (exact) mass is 613 g/mol. The third-order valence-electron chi connectivity index (χ3n) is 12.4. The van der Waals surface area contributed by atoms with E-state index < -0.39 is 5.41 Å². The molecule has 39 heavy (non-hydrogen) atoms. The smallest absolute Gasteiger partial charge is 0.312 e. The molecule has 0 radical (unpaired) electrons. The molecule has 4 saturated carbocycles. The predicted octanol–water partition coefficient (Wildman–Crippen LogP) is 2.82. The Balaban J connectivity index is 0.00000420. The lowest BCUT2D eigenvalue weighted by Gasteiger charge is -2.63. The summed E-state index contributed by atoms with van der Waals surface area (Å²) in [4.78, 5) is 26.5. The van der Waals surface area contributed by atoms with Crippen molar-refractivity contribution in [3.63, 3.8) is 0 Å². The van der Waals surface area contributed by atoms with Crippen LogP contribution in [0.15, 0.2) is 0 Å². The number of likely N-dealkylation sites (N-methyl/N-ethyl adjacent to an activating group) is 1. The molecule has 0 unspecified atom stereocenters. The second-order valence-corrected chi connectivity index (χ2v) is 14.0. The largest absolute Gasteiger partial charge is 1.00 e. The Bertz CT molecular complexity index is 855. The molecule has 4 aliphatic rings. The first-order valence-electron chi connectivity index (χ1n) is 15.7. The zero-order valence-electron chi connectivity index (χ0n) is 25.7. The van der Waals surface area contributed by atoms with Crippen LogP contribution in [0.4, 0.5) is 0 Å². The van der Waals surface area contributed by atoms with Gasteiger partial charge in [-0.3, -0.25) is 9.59 Å². The van der Waals surface area contributed by atoms with Gasteiger partial charge in [0.2, 0.25) is 0 Å². The Morgan fingerprint density at radius 3 is 2.13 bits per heavy atom. The summed E-state index contributed by atoms with van der Waals surface area (Å²) >= 11 is 0. The van der Waals surface area contributed by atoms with E-state index in [-0.39, 0.29) is 39.2 Å². The van der Waals surface area contributed by atoms with Crippen LogP contribution in [-0.2, 0) is 23.8 Å². The number of halogens is 1. The van der Waals surface area contributed by atoms with E-state index >= 15 is 0 Å². The van der Waals surface area contributed by atoms with Gasteiger partial charge in [0.1, 0.15) is 18.9 Å². The molecule has 0 aromatic heterocycles. The van der Waals surface area contributed by atoms with Crippen LogP contribution in [0.1, 0.15) is 99.3 Å². The molecular weight excluding hydrogens is 558 g/mol. The number of Topliss-reactive ketones (excluding diaryl/α,β-unsaturated/α-hetero) is 1. The zero-order valence-corrected chi connectivity index (χ0v) is 27.3. The Morgan fingerprint density at radius 1 is 0.846 bits per heavy atom. The van der Waals surface area contributed by atoms with Crippen LogP contribution in [0.5, 0.6) is 0 Å². The molecule has 7 heteroatoms. The quantitative estimate of drug-likeness (QED) is 0.182. The van der Waals surface area contributed by atoms with Crippen molar-refractivity contribution in [1.82, 2.24) is 0 Å². The second kappa shape index (κ2) is 12.8. The van der Waals surface area contributed by atoms with Crippen LogP contribution >= 0.6 is 0 Å². The fourth-order valence-electron chi connectivity index (χ4n) is 9.83. The maximum atomic E-state index is 13.5. The summed E-state index contributed by atoms with van der Waals surface area (Å²) in [6.07, 6.45) is 9.31. The van der Waals surface area contributed by atoms with Crippen molar-refractivity contribution in [1.29, 1.82) is 0 Å². The van der Waals surface area contributed by atoms with Crippen molar-refractivity contribution in [2.45, 2.75) is 99.3 Å².